The zero-order valence-corrected chi connectivity index (χ0v) is 50.5. The molecule has 5 fully saturated rings. The second kappa shape index (κ2) is 28.9. The van der Waals surface area contributed by atoms with Crippen molar-refractivity contribution in [3.63, 3.8) is 0 Å². The summed E-state index contributed by atoms with van der Waals surface area (Å²) in [4.78, 5) is 37.0. The summed E-state index contributed by atoms with van der Waals surface area (Å²) in [5, 5.41) is 62.4. The number of carbonyl (C=O) groups is 2. The predicted molar refractivity (Wildman–Crippen MR) is 324 cm³/mol. The summed E-state index contributed by atoms with van der Waals surface area (Å²) in [6, 6.07) is 22.0. The number of hydrogen-bond donors (Lipinski definition) is 4. The topological polar surface area (TPSA) is 286 Å². The van der Waals surface area contributed by atoms with Crippen molar-refractivity contribution in [2.75, 3.05) is 102 Å². The molecule has 0 amide bonds. The lowest BCUT2D eigenvalue weighted by molar-refractivity contribution is -0.275. The molecule has 0 unspecified atom stereocenters. The number of nitrogen functional groups attached to an aromatic ring is 1. The lowest BCUT2D eigenvalue weighted by Gasteiger charge is -2.37. The van der Waals surface area contributed by atoms with Gasteiger partial charge in [-0.05, 0) is 104 Å². The highest BCUT2D eigenvalue weighted by molar-refractivity contribution is 7.18. The van der Waals surface area contributed by atoms with Crippen LogP contribution < -0.4 is 45.9 Å². The first-order chi connectivity index (χ1) is 43.5. The van der Waals surface area contributed by atoms with Crippen molar-refractivity contribution >= 4 is 83.6 Å². The molecule has 474 valence electrons. The second-order valence-electron chi connectivity index (χ2n) is 21.5. The molecule has 34 heteroatoms. The van der Waals surface area contributed by atoms with Gasteiger partial charge in [-0.25, -0.2) is 0 Å². The van der Waals surface area contributed by atoms with Crippen LogP contribution in [0.15, 0.2) is 104 Å². The SMILES string of the molecule is Nc1nnc(N[C@@H]2CCN(c3cccnn3)C2)s1.O=C(Cc1nnc(N[C@@H]2CCN(c3cccnn3)C2)s1)[C@@H](c1cccc(OC(F)(F)F)c1)N1CCC1.O=C(Cc1nnc(N[C@@H]2CCN(c3cccnn3)C2)s1)[C@H](c1cccc(OC(F)(F)F)c1)N1CCC1. The number of likely N-dealkylation sites (tertiary alicyclic amines) is 2. The van der Waals surface area contributed by atoms with Gasteiger partial charge >= 0.3 is 12.7 Å². The first-order valence-electron chi connectivity index (χ1n) is 28.9. The van der Waals surface area contributed by atoms with Gasteiger partial charge in [0.1, 0.15) is 21.5 Å². The minimum Gasteiger partial charge on any atom is -0.406 e. The van der Waals surface area contributed by atoms with Crippen LogP contribution in [0.25, 0.3) is 0 Å². The largest absolute Gasteiger partial charge is 0.573 e. The number of rotatable bonds is 21. The van der Waals surface area contributed by atoms with Crippen molar-refractivity contribution in [1.82, 2.24) is 71.0 Å². The number of aromatic nitrogens is 12. The Morgan fingerprint density at radius 2 is 0.878 bits per heavy atom. The van der Waals surface area contributed by atoms with Gasteiger partial charge in [0.05, 0.1) is 24.9 Å². The molecule has 90 heavy (non-hydrogen) atoms. The number of ether oxygens (including phenoxy) is 2. The van der Waals surface area contributed by atoms with Gasteiger partial charge in [-0.3, -0.25) is 19.4 Å². The van der Waals surface area contributed by atoms with E-state index in [-0.39, 0.29) is 48.0 Å². The molecule has 5 atom stereocenters. The van der Waals surface area contributed by atoms with E-state index in [1.165, 1.54) is 70.4 Å². The van der Waals surface area contributed by atoms with Gasteiger partial charge in [0.25, 0.3) is 0 Å². The van der Waals surface area contributed by atoms with Crippen LogP contribution in [0.4, 0.5) is 64.3 Å². The van der Waals surface area contributed by atoms with Crippen molar-refractivity contribution in [2.24, 2.45) is 0 Å². The third-order valence-corrected chi connectivity index (χ3v) is 17.5. The fourth-order valence-electron chi connectivity index (χ4n) is 10.9. The third kappa shape index (κ3) is 17.4. The number of nitrogens with zero attached hydrogens (tertiary/aromatic N) is 17. The molecule has 2 aromatic carbocycles. The fraction of sp³-hybridized carbons (Fsp3) is 0.429. The average molecular weight is 1300 g/mol. The van der Waals surface area contributed by atoms with Crippen LogP contribution >= 0.6 is 34.0 Å². The number of anilines is 7. The maximum Gasteiger partial charge on any atom is 0.573 e. The molecule has 5 aliphatic heterocycles. The molecule has 0 spiro atoms. The van der Waals surface area contributed by atoms with Crippen molar-refractivity contribution in [3.8, 4) is 11.5 Å². The highest BCUT2D eigenvalue weighted by Gasteiger charge is 2.37. The first kappa shape index (κ1) is 63.0. The van der Waals surface area contributed by atoms with Crippen LogP contribution in [0.2, 0.25) is 0 Å². The molecular weight excluding hydrogens is 1240 g/mol. The maximum absolute atomic E-state index is 13.3. The monoisotopic (exact) mass is 1300 g/mol. The first-order valence-corrected chi connectivity index (χ1v) is 31.3. The van der Waals surface area contributed by atoms with E-state index in [1.807, 2.05) is 46.2 Å². The maximum atomic E-state index is 13.3. The lowest BCUT2D eigenvalue weighted by atomic mass is 9.96. The summed E-state index contributed by atoms with van der Waals surface area (Å²) in [5.74, 6) is 1.60. The Morgan fingerprint density at radius 1 is 0.500 bits per heavy atom. The molecule has 0 bridgehead atoms. The van der Waals surface area contributed by atoms with Crippen molar-refractivity contribution in [2.45, 2.75) is 87.9 Å². The summed E-state index contributed by atoms with van der Waals surface area (Å²) in [7, 11) is 0. The van der Waals surface area contributed by atoms with Crippen LogP contribution in [-0.4, -0.2) is 179 Å². The molecule has 25 nitrogen and oxygen atoms in total. The summed E-state index contributed by atoms with van der Waals surface area (Å²) in [5.41, 5.74) is 6.49. The number of nitrogens with two attached hydrogens (primary N) is 1. The van der Waals surface area contributed by atoms with Crippen LogP contribution in [0.3, 0.4) is 0 Å². The number of carbonyl (C=O) groups excluding carboxylic acids is 2. The van der Waals surface area contributed by atoms with Crippen molar-refractivity contribution in [1.29, 1.82) is 0 Å². The number of benzene rings is 2. The summed E-state index contributed by atoms with van der Waals surface area (Å²) >= 11 is 4.00. The second-order valence-corrected chi connectivity index (χ2v) is 24.7. The van der Waals surface area contributed by atoms with E-state index < -0.39 is 24.8 Å². The molecule has 5 N–H and O–H groups in total. The van der Waals surface area contributed by atoms with E-state index in [9.17, 15) is 35.9 Å². The number of halogens is 6. The highest BCUT2D eigenvalue weighted by Crippen LogP contribution is 2.35. The molecule has 5 aliphatic rings. The lowest BCUT2D eigenvalue weighted by Crippen LogP contribution is -2.44. The molecule has 8 aromatic rings. The van der Waals surface area contributed by atoms with Crippen LogP contribution in [0, 0.1) is 0 Å². The number of hydrogen-bond acceptors (Lipinski definition) is 28. The standard InChI is InChI=1S/2C23H24F3N7O2S.C10H13N7S/c2*24-23(25,26)35-17-5-1-4-15(12-17)21(32-9-3-10-32)18(34)13-20-30-31-22(36-20)28-16-7-11-33(14-16)19-6-2-8-27-29-19;11-9-15-16-10(18-9)13-7-3-5-17(6-7)8-2-1-4-12-14-8/h2*1-2,4-6,8,12,16,21H,3,7,9-11,13-14H2,(H,28,31);1-2,4,7H,3,5-6H2,(H2,11,15)(H,13,16)/t16-,21+;16-,21-;7-/m111/s1. The highest BCUT2D eigenvalue weighted by atomic mass is 32.1. The molecule has 11 heterocycles. The van der Waals surface area contributed by atoms with Crippen molar-refractivity contribution in [3.05, 3.63) is 125 Å². The zero-order valence-electron chi connectivity index (χ0n) is 48.0. The Bertz CT molecular complexity index is 3430. The van der Waals surface area contributed by atoms with Crippen molar-refractivity contribution < 1.29 is 45.4 Å². The van der Waals surface area contributed by atoms with Gasteiger partial charge in [0.15, 0.2) is 29.0 Å². The van der Waals surface area contributed by atoms with E-state index in [0.29, 0.717) is 68.8 Å². The van der Waals surface area contributed by atoms with E-state index in [4.69, 9.17) is 5.73 Å². The molecule has 0 radical (unpaired) electrons. The van der Waals surface area contributed by atoms with Gasteiger partial charge < -0.3 is 45.9 Å². The van der Waals surface area contributed by atoms with E-state index >= 15 is 0 Å². The Balaban J connectivity index is 0.000000147. The van der Waals surface area contributed by atoms with Gasteiger partial charge in [0, 0.05) is 102 Å². The number of alkyl halides is 6. The minimum atomic E-state index is -4.80. The number of ketones is 2. The Hall–Kier alpha value is -8.60. The van der Waals surface area contributed by atoms with Crippen LogP contribution in [-0.2, 0) is 22.4 Å². The summed E-state index contributed by atoms with van der Waals surface area (Å²) < 4.78 is 84.2. The fourth-order valence-corrected chi connectivity index (χ4v) is 13.1. The number of Topliss-reactive ketones (excluding diaryl/α,β-unsaturated/α-hetero) is 2. The molecule has 13 rings (SSSR count). The predicted octanol–water partition coefficient (Wildman–Crippen LogP) is 7.55. The van der Waals surface area contributed by atoms with Crippen LogP contribution in [0.1, 0.15) is 65.3 Å². The molecule has 0 saturated carbocycles. The van der Waals surface area contributed by atoms with Crippen LogP contribution in [0.5, 0.6) is 11.5 Å². The Morgan fingerprint density at radius 3 is 1.20 bits per heavy atom. The molecular formula is C56H61F6N21O4S3. The van der Waals surface area contributed by atoms with Gasteiger partial charge in [0.2, 0.25) is 20.5 Å². The smallest absolute Gasteiger partial charge is 0.406 e. The Kier molecular flexibility index (Phi) is 20.2. The van der Waals surface area contributed by atoms with Gasteiger partial charge in [-0.2, -0.15) is 15.3 Å². The molecule has 6 aromatic heterocycles. The summed E-state index contributed by atoms with van der Waals surface area (Å²) in [6.07, 6.45) is 0.154. The van der Waals surface area contributed by atoms with Gasteiger partial charge in [-0.15, -0.1) is 72.2 Å². The average Bonchev–Trinajstić information content (AvgIpc) is 1.43. The summed E-state index contributed by atoms with van der Waals surface area (Å²) in [6.45, 7) is 7.84. The normalized spacial score (nSPS) is 19.1. The molecule has 5 saturated heterocycles. The quantitative estimate of drug-likeness (QED) is 0.0505. The van der Waals surface area contributed by atoms with E-state index in [2.05, 4.69) is 101 Å². The zero-order chi connectivity index (χ0) is 62.6. The van der Waals surface area contributed by atoms with E-state index in [1.54, 1.807) is 30.7 Å². The number of nitrogens with one attached hydrogen (secondary N) is 3. The van der Waals surface area contributed by atoms with E-state index in [0.717, 1.165) is 94.0 Å². The third-order valence-electron chi connectivity index (χ3n) is 15.2. The molecule has 0 aliphatic carbocycles. The minimum absolute atomic E-state index is 0.0429. The Labute approximate surface area is 523 Å². The van der Waals surface area contributed by atoms with Gasteiger partial charge in [-0.1, -0.05) is 58.3 Å².